The van der Waals surface area contributed by atoms with Gasteiger partial charge in [-0.25, -0.2) is 4.98 Å². The average molecular weight is 229 g/mol. The molecule has 0 aliphatic heterocycles. The molecule has 0 atom stereocenters. The van der Waals surface area contributed by atoms with E-state index in [2.05, 4.69) is 23.8 Å². The van der Waals surface area contributed by atoms with Crippen LogP contribution >= 0.6 is 0 Å². The van der Waals surface area contributed by atoms with Gasteiger partial charge < -0.3 is 0 Å². The van der Waals surface area contributed by atoms with E-state index in [0.29, 0.717) is 12.3 Å². The third kappa shape index (κ3) is 2.58. The van der Waals surface area contributed by atoms with Crippen LogP contribution in [0.2, 0.25) is 0 Å². The number of hydrogen-bond acceptors (Lipinski definition) is 3. The summed E-state index contributed by atoms with van der Waals surface area (Å²) in [7, 11) is 0. The molecule has 0 fully saturated rings. The number of aromatic nitrogens is 3. The number of nitrogens with zero attached hydrogens (tertiary/aromatic N) is 3. The van der Waals surface area contributed by atoms with E-state index in [0.717, 1.165) is 11.1 Å². The average Bonchev–Trinajstić information content (AvgIpc) is 2.83. The van der Waals surface area contributed by atoms with Gasteiger partial charge in [-0.1, -0.05) is 13.8 Å². The zero-order valence-corrected chi connectivity index (χ0v) is 10.00. The van der Waals surface area contributed by atoms with Crippen LogP contribution in [-0.4, -0.2) is 20.4 Å². The molecule has 0 aliphatic rings. The lowest BCUT2D eigenvalue weighted by Crippen LogP contribution is -2.13. The normalized spacial score (nSPS) is 10.8. The van der Waals surface area contributed by atoms with Crippen LogP contribution in [0.15, 0.2) is 37.2 Å². The number of hydrogen-bond donors (Lipinski definition) is 0. The Morgan fingerprint density at radius 3 is 2.82 bits per heavy atom. The fraction of sp³-hybridized carbons (Fsp3) is 0.308. The van der Waals surface area contributed by atoms with Crippen LogP contribution in [0.1, 0.15) is 35.7 Å². The number of carbonyl (C=O) groups excluding carboxylic acids is 1. The van der Waals surface area contributed by atoms with Crippen LogP contribution in [0.5, 0.6) is 0 Å². The van der Waals surface area contributed by atoms with E-state index in [1.54, 1.807) is 18.6 Å². The minimum Gasteiger partial charge on any atom is -0.276 e. The van der Waals surface area contributed by atoms with Gasteiger partial charge in [0.15, 0.2) is 0 Å². The van der Waals surface area contributed by atoms with Crippen molar-refractivity contribution in [3.8, 4) is 0 Å². The van der Waals surface area contributed by atoms with Gasteiger partial charge in [0.2, 0.25) is 5.91 Å². The van der Waals surface area contributed by atoms with Crippen molar-refractivity contribution in [3.63, 3.8) is 0 Å². The molecule has 0 bridgehead atoms. The summed E-state index contributed by atoms with van der Waals surface area (Å²) >= 11 is 0. The largest absolute Gasteiger partial charge is 0.276 e. The first kappa shape index (κ1) is 11.5. The predicted molar refractivity (Wildman–Crippen MR) is 64.9 cm³/mol. The highest BCUT2D eigenvalue weighted by molar-refractivity contribution is 5.81. The smallest absolute Gasteiger partial charge is 0.236 e. The SMILES string of the molecule is CC(C)c1cnccc1CC(=O)n1ccnc1. The van der Waals surface area contributed by atoms with E-state index in [-0.39, 0.29) is 5.91 Å². The highest BCUT2D eigenvalue weighted by atomic mass is 16.2. The Morgan fingerprint density at radius 2 is 2.18 bits per heavy atom. The molecule has 4 heteroatoms. The molecule has 0 radical (unpaired) electrons. The van der Waals surface area contributed by atoms with Crippen molar-refractivity contribution < 1.29 is 4.79 Å². The zero-order chi connectivity index (χ0) is 12.3. The van der Waals surface area contributed by atoms with Crippen LogP contribution in [0, 0.1) is 0 Å². The first-order valence-electron chi connectivity index (χ1n) is 5.62. The van der Waals surface area contributed by atoms with Gasteiger partial charge in [-0.15, -0.1) is 0 Å². The lowest BCUT2D eigenvalue weighted by atomic mass is 9.97. The maximum atomic E-state index is 12.0. The Hall–Kier alpha value is -1.97. The van der Waals surface area contributed by atoms with E-state index in [4.69, 9.17) is 0 Å². The van der Waals surface area contributed by atoms with Gasteiger partial charge in [0.05, 0.1) is 6.42 Å². The van der Waals surface area contributed by atoms with Gasteiger partial charge >= 0.3 is 0 Å². The van der Waals surface area contributed by atoms with Crippen LogP contribution in [-0.2, 0) is 6.42 Å². The summed E-state index contributed by atoms with van der Waals surface area (Å²) in [5, 5.41) is 0. The summed E-state index contributed by atoms with van der Waals surface area (Å²) in [5.41, 5.74) is 2.16. The summed E-state index contributed by atoms with van der Waals surface area (Å²) in [6.07, 6.45) is 8.74. The summed E-state index contributed by atoms with van der Waals surface area (Å²) in [6, 6.07) is 1.91. The first-order valence-corrected chi connectivity index (χ1v) is 5.62. The molecular weight excluding hydrogens is 214 g/mol. The number of rotatable bonds is 3. The van der Waals surface area contributed by atoms with Crippen molar-refractivity contribution in [2.24, 2.45) is 0 Å². The Balaban J connectivity index is 2.22. The van der Waals surface area contributed by atoms with Crippen molar-refractivity contribution in [3.05, 3.63) is 48.3 Å². The molecule has 0 saturated heterocycles. The van der Waals surface area contributed by atoms with Crippen molar-refractivity contribution >= 4 is 5.91 Å². The second kappa shape index (κ2) is 4.91. The fourth-order valence-electron chi connectivity index (χ4n) is 1.78. The molecule has 0 amide bonds. The minimum absolute atomic E-state index is 0.0237. The van der Waals surface area contributed by atoms with E-state index in [1.807, 2.05) is 12.3 Å². The van der Waals surface area contributed by atoms with Crippen molar-refractivity contribution in [2.45, 2.75) is 26.2 Å². The lowest BCUT2D eigenvalue weighted by Gasteiger charge is -2.11. The van der Waals surface area contributed by atoms with Crippen LogP contribution in [0.4, 0.5) is 0 Å². The summed E-state index contributed by atoms with van der Waals surface area (Å²) in [5.74, 6) is 0.393. The first-order chi connectivity index (χ1) is 8.18. The van der Waals surface area contributed by atoms with Gasteiger partial charge in [0.25, 0.3) is 0 Å². The monoisotopic (exact) mass is 229 g/mol. The summed E-state index contributed by atoms with van der Waals surface area (Å²) in [6.45, 7) is 4.20. The van der Waals surface area contributed by atoms with Gasteiger partial charge in [-0.05, 0) is 23.1 Å². The molecule has 88 valence electrons. The Kier molecular flexibility index (Phi) is 3.32. The quantitative estimate of drug-likeness (QED) is 0.811. The topological polar surface area (TPSA) is 47.8 Å². The Bertz CT molecular complexity index is 503. The molecule has 4 nitrogen and oxygen atoms in total. The van der Waals surface area contributed by atoms with Crippen molar-refractivity contribution in [1.29, 1.82) is 0 Å². The molecule has 2 heterocycles. The predicted octanol–water partition coefficient (Wildman–Crippen LogP) is 2.28. The van der Waals surface area contributed by atoms with E-state index in [9.17, 15) is 4.79 Å². The third-order valence-corrected chi connectivity index (χ3v) is 2.70. The van der Waals surface area contributed by atoms with Crippen LogP contribution < -0.4 is 0 Å². The van der Waals surface area contributed by atoms with Crippen LogP contribution in [0.3, 0.4) is 0 Å². The maximum Gasteiger partial charge on any atom is 0.236 e. The lowest BCUT2D eigenvalue weighted by molar-refractivity contribution is 0.0913. The molecular formula is C13H15N3O. The fourth-order valence-corrected chi connectivity index (χ4v) is 1.78. The van der Waals surface area contributed by atoms with Gasteiger partial charge in [0, 0.05) is 24.8 Å². The molecule has 2 aromatic heterocycles. The van der Waals surface area contributed by atoms with Crippen LogP contribution in [0.25, 0.3) is 0 Å². The Labute approximate surface area is 100 Å². The number of carbonyl (C=O) groups is 1. The summed E-state index contributed by atoms with van der Waals surface area (Å²) < 4.78 is 1.50. The summed E-state index contributed by atoms with van der Waals surface area (Å²) in [4.78, 5) is 19.9. The molecule has 0 aromatic carbocycles. The molecule has 0 N–H and O–H groups in total. The number of imidazole rings is 1. The van der Waals surface area contributed by atoms with E-state index < -0.39 is 0 Å². The molecule has 0 spiro atoms. The van der Waals surface area contributed by atoms with Gasteiger partial charge in [0.1, 0.15) is 6.33 Å². The zero-order valence-electron chi connectivity index (χ0n) is 10.00. The maximum absolute atomic E-state index is 12.0. The molecule has 0 aliphatic carbocycles. The van der Waals surface area contributed by atoms with E-state index >= 15 is 0 Å². The molecule has 0 saturated carbocycles. The minimum atomic E-state index is 0.0237. The van der Waals surface area contributed by atoms with Crippen molar-refractivity contribution in [2.75, 3.05) is 0 Å². The van der Waals surface area contributed by atoms with Crippen molar-refractivity contribution in [1.82, 2.24) is 14.5 Å². The van der Waals surface area contributed by atoms with Gasteiger partial charge in [-0.2, -0.15) is 0 Å². The second-order valence-electron chi connectivity index (χ2n) is 4.27. The number of pyridine rings is 1. The second-order valence-corrected chi connectivity index (χ2v) is 4.27. The highest BCUT2D eigenvalue weighted by Gasteiger charge is 2.11. The van der Waals surface area contributed by atoms with E-state index in [1.165, 1.54) is 10.9 Å². The Morgan fingerprint density at radius 1 is 1.35 bits per heavy atom. The molecule has 0 unspecified atom stereocenters. The van der Waals surface area contributed by atoms with Gasteiger partial charge in [-0.3, -0.25) is 14.3 Å². The molecule has 2 rings (SSSR count). The standard InChI is InChI=1S/C13H15N3O/c1-10(2)12-8-14-4-3-11(12)7-13(17)16-6-5-15-9-16/h3-6,8-10H,7H2,1-2H3. The molecule has 2 aromatic rings. The third-order valence-electron chi connectivity index (χ3n) is 2.70. The highest BCUT2D eigenvalue weighted by Crippen LogP contribution is 2.18. The molecule has 17 heavy (non-hydrogen) atoms.